The number of hydrogen-bond donors (Lipinski definition) is 3. The number of aliphatic hydroxyl groups excluding tert-OH is 1. The van der Waals surface area contributed by atoms with Crippen LogP contribution < -0.4 is 5.32 Å². The van der Waals surface area contributed by atoms with Crippen molar-refractivity contribution in [2.24, 2.45) is 0 Å². The molecule has 0 radical (unpaired) electrons. The van der Waals surface area contributed by atoms with E-state index < -0.39 is 6.10 Å². The fourth-order valence-corrected chi connectivity index (χ4v) is 4.07. The number of rotatable bonds is 3. The summed E-state index contributed by atoms with van der Waals surface area (Å²) in [6.45, 7) is 4.12. The van der Waals surface area contributed by atoms with Crippen molar-refractivity contribution in [3.8, 4) is 11.4 Å². The summed E-state index contributed by atoms with van der Waals surface area (Å²) in [5.74, 6) is 1.43. The minimum atomic E-state index is -0.554. The zero-order valence-corrected chi connectivity index (χ0v) is 15.9. The molecule has 2 aromatic carbocycles. The first-order chi connectivity index (χ1) is 13.6. The van der Waals surface area contributed by atoms with Crippen LogP contribution >= 0.6 is 0 Å². The molecule has 4 aromatic rings. The minimum absolute atomic E-state index is 0.117. The summed E-state index contributed by atoms with van der Waals surface area (Å²) >= 11 is 0. The van der Waals surface area contributed by atoms with Gasteiger partial charge in [0.25, 0.3) is 0 Å². The third-order valence-corrected chi connectivity index (χ3v) is 5.70. The third kappa shape index (κ3) is 2.67. The lowest BCUT2D eigenvalue weighted by atomic mass is 10.1. The van der Waals surface area contributed by atoms with Crippen LogP contribution in [0.5, 0.6) is 0 Å². The smallest absolute Gasteiger partial charge is 0.163 e. The van der Waals surface area contributed by atoms with Crippen LogP contribution in [0, 0.1) is 13.8 Å². The van der Waals surface area contributed by atoms with Crippen molar-refractivity contribution in [3.63, 3.8) is 0 Å². The van der Waals surface area contributed by atoms with Crippen LogP contribution in [0.2, 0.25) is 0 Å². The van der Waals surface area contributed by atoms with Crippen molar-refractivity contribution in [2.75, 3.05) is 5.32 Å². The van der Waals surface area contributed by atoms with Crippen LogP contribution in [0.4, 0.5) is 5.82 Å². The van der Waals surface area contributed by atoms with E-state index in [2.05, 4.69) is 23.3 Å². The Hall–Kier alpha value is -3.18. The van der Waals surface area contributed by atoms with Crippen LogP contribution in [0.1, 0.15) is 28.5 Å². The Morgan fingerprint density at radius 3 is 2.54 bits per heavy atom. The summed E-state index contributed by atoms with van der Waals surface area (Å²) in [5, 5.41) is 15.3. The number of hydrogen-bond acceptors (Lipinski definition) is 4. The van der Waals surface area contributed by atoms with E-state index in [1.54, 1.807) is 0 Å². The Morgan fingerprint density at radius 1 is 1.00 bits per heavy atom. The number of nitrogens with zero attached hydrogens (tertiary/aromatic N) is 2. The van der Waals surface area contributed by atoms with Crippen LogP contribution in [0.25, 0.3) is 22.4 Å². The molecule has 0 unspecified atom stereocenters. The number of benzene rings is 2. The van der Waals surface area contributed by atoms with E-state index in [1.165, 1.54) is 5.56 Å². The Labute approximate surface area is 163 Å². The first-order valence-corrected chi connectivity index (χ1v) is 9.56. The van der Waals surface area contributed by atoms with E-state index in [4.69, 9.17) is 9.97 Å². The van der Waals surface area contributed by atoms with Gasteiger partial charge < -0.3 is 15.4 Å². The van der Waals surface area contributed by atoms with Gasteiger partial charge in [0.1, 0.15) is 11.5 Å². The van der Waals surface area contributed by atoms with E-state index in [1.807, 2.05) is 55.5 Å². The molecule has 0 bridgehead atoms. The maximum atomic E-state index is 10.8. The average molecular weight is 370 g/mol. The van der Waals surface area contributed by atoms with Crippen molar-refractivity contribution >= 4 is 16.9 Å². The first kappa shape index (κ1) is 17.0. The average Bonchev–Trinajstić information content (AvgIpc) is 3.19. The SMILES string of the molecule is Cc1[nH]c2nc(-c3ccccc3)nc(N[C@@H]3Cc4ccccc4[C@H]3O)c2c1C. The van der Waals surface area contributed by atoms with E-state index in [-0.39, 0.29) is 6.04 Å². The molecule has 0 saturated heterocycles. The van der Waals surface area contributed by atoms with E-state index in [9.17, 15) is 5.11 Å². The second kappa shape index (κ2) is 6.46. The lowest BCUT2D eigenvalue weighted by Gasteiger charge is -2.19. The van der Waals surface area contributed by atoms with E-state index >= 15 is 0 Å². The lowest BCUT2D eigenvalue weighted by Crippen LogP contribution is -2.25. The second-order valence-electron chi connectivity index (χ2n) is 7.46. The monoisotopic (exact) mass is 370 g/mol. The van der Waals surface area contributed by atoms with Gasteiger partial charge in [-0.25, -0.2) is 9.97 Å². The number of H-pyrrole nitrogens is 1. The van der Waals surface area contributed by atoms with Crippen molar-refractivity contribution in [3.05, 3.63) is 77.0 Å². The largest absolute Gasteiger partial charge is 0.386 e. The molecule has 0 spiro atoms. The van der Waals surface area contributed by atoms with Gasteiger partial charge in [-0.3, -0.25) is 0 Å². The molecule has 1 aliphatic rings. The molecule has 2 aromatic heterocycles. The van der Waals surface area contributed by atoms with Crippen LogP contribution in [0.15, 0.2) is 54.6 Å². The van der Waals surface area contributed by atoms with Gasteiger partial charge in [-0.15, -0.1) is 0 Å². The summed E-state index contributed by atoms with van der Waals surface area (Å²) in [4.78, 5) is 13.0. The molecule has 0 fully saturated rings. The number of aromatic nitrogens is 3. The van der Waals surface area contributed by atoms with Gasteiger partial charge in [0.05, 0.1) is 17.5 Å². The topological polar surface area (TPSA) is 73.8 Å². The van der Waals surface area contributed by atoms with Crippen molar-refractivity contribution < 1.29 is 5.11 Å². The van der Waals surface area contributed by atoms with Gasteiger partial charge in [-0.2, -0.15) is 0 Å². The molecule has 3 N–H and O–H groups in total. The van der Waals surface area contributed by atoms with Crippen LogP contribution in [-0.4, -0.2) is 26.1 Å². The highest BCUT2D eigenvalue weighted by atomic mass is 16.3. The second-order valence-corrected chi connectivity index (χ2v) is 7.46. The summed E-state index contributed by atoms with van der Waals surface area (Å²) in [5.41, 5.74) is 6.16. The molecule has 5 heteroatoms. The molecule has 5 nitrogen and oxygen atoms in total. The standard InChI is InChI=1S/C23H22N4O/c1-13-14(2)24-22-19(13)23(27-21(26-22)15-8-4-3-5-9-15)25-18-12-16-10-6-7-11-17(16)20(18)28/h3-11,18,20,28H,12H2,1-2H3,(H2,24,25,26,27)/t18-,20-/m1/s1. The first-order valence-electron chi connectivity index (χ1n) is 9.56. The predicted molar refractivity (Wildman–Crippen MR) is 111 cm³/mol. The Balaban J connectivity index is 1.60. The highest BCUT2D eigenvalue weighted by Crippen LogP contribution is 2.35. The van der Waals surface area contributed by atoms with Gasteiger partial charge in [0, 0.05) is 11.3 Å². The molecular formula is C23H22N4O. The molecule has 0 amide bonds. The third-order valence-electron chi connectivity index (χ3n) is 5.70. The predicted octanol–water partition coefficient (Wildman–Crippen LogP) is 4.31. The molecule has 5 rings (SSSR count). The number of fused-ring (bicyclic) bond motifs is 2. The quantitative estimate of drug-likeness (QED) is 0.502. The van der Waals surface area contributed by atoms with Crippen molar-refractivity contribution in [1.29, 1.82) is 0 Å². The van der Waals surface area contributed by atoms with Crippen LogP contribution in [-0.2, 0) is 6.42 Å². The van der Waals surface area contributed by atoms with Gasteiger partial charge >= 0.3 is 0 Å². The lowest BCUT2D eigenvalue weighted by molar-refractivity contribution is 0.167. The summed E-state index contributed by atoms with van der Waals surface area (Å²) in [6.07, 6.45) is 0.216. The Morgan fingerprint density at radius 2 is 1.75 bits per heavy atom. The number of aryl methyl sites for hydroxylation is 2. The molecule has 0 saturated carbocycles. The number of aliphatic hydroxyl groups is 1. The highest BCUT2D eigenvalue weighted by molar-refractivity contribution is 5.93. The minimum Gasteiger partial charge on any atom is -0.386 e. The molecule has 140 valence electrons. The fraction of sp³-hybridized carbons (Fsp3) is 0.217. The number of aromatic amines is 1. The van der Waals surface area contributed by atoms with Crippen molar-refractivity contribution in [2.45, 2.75) is 32.4 Å². The number of nitrogens with one attached hydrogen (secondary N) is 2. The molecule has 2 atom stereocenters. The van der Waals surface area contributed by atoms with Gasteiger partial charge in [0.15, 0.2) is 5.82 Å². The molecule has 0 aliphatic heterocycles. The maximum Gasteiger partial charge on any atom is 0.163 e. The zero-order valence-electron chi connectivity index (χ0n) is 15.9. The molecule has 28 heavy (non-hydrogen) atoms. The van der Waals surface area contributed by atoms with Crippen LogP contribution in [0.3, 0.4) is 0 Å². The fourth-order valence-electron chi connectivity index (χ4n) is 4.07. The number of anilines is 1. The molecule has 1 aliphatic carbocycles. The van der Waals surface area contributed by atoms with E-state index in [0.717, 1.165) is 45.7 Å². The summed E-state index contributed by atoms with van der Waals surface area (Å²) in [6, 6.07) is 17.9. The molecular weight excluding hydrogens is 348 g/mol. The molecule has 2 heterocycles. The highest BCUT2D eigenvalue weighted by Gasteiger charge is 2.31. The van der Waals surface area contributed by atoms with E-state index in [0.29, 0.717) is 5.82 Å². The normalized spacial score (nSPS) is 18.4. The zero-order chi connectivity index (χ0) is 19.3. The maximum absolute atomic E-state index is 10.8. The van der Waals surface area contributed by atoms with Gasteiger partial charge in [0.2, 0.25) is 0 Å². The van der Waals surface area contributed by atoms with Crippen molar-refractivity contribution in [1.82, 2.24) is 15.0 Å². The van der Waals surface area contributed by atoms with Gasteiger partial charge in [-0.1, -0.05) is 54.6 Å². The summed E-state index contributed by atoms with van der Waals surface area (Å²) in [7, 11) is 0. The Bertz CT molecular complexity index is 1170. The Kier molecular flexibility index (Phi) is 3.91. The van der Waals surface area contributed by atoms with Gasteiger partial charge in [-0.05, 0) is 37.0 Å². The summed E-state index contributed by atoms with van der Waals surface area (Å²) < 4.78 is 0.